The van der Waals surface area contributed by atoms with Crippen LogP contribution in [0.1, 0.15) is 43.7 Å². The number of amides is 1. The molecular formula is C18H24FN3O. The Bertz CT molecular complexity index is 596. The van der Waals surface area contributed by atoms with E-state index in [0.717, 1.165) is 6.42 Å². The molecule has 0 spiro atoms. The van der Waals surface area contributed by atoms with Crippen molar-refractivity contribution in [3.63, 3.8) is 0 Å². The Morgan fingerprint density at radius 1 is 1.43 bits per heavy atom. The highest BCUT2D eigenvalue weighted by molar-refractivity contribution is 5.78. The summed E-state index contributed by atoms with van der Waals surface area (Å²) in [6.07, 6.45) is 4.78. The van der Waals surface area contributed by atoms with Crippen LogP contribution in [0.25, 0.3) is 0 Å². The van der Waals surface area contributed by atoms with Gasteiger partial charge in [0.05, 0.1) is 18.2 Å². The molecule has 1 fully saturated rings. The number of rotatable bonds is 5. The first-order valence-corrected chi connectivity index (χ1v) is 8.17. The summed E-state index contributed by atoms with van der Waals surface area (Å²) >= 11 is 0. The maximum absolute atomic E-state index is 13.8. The molecular weight excluding hydrogens is 293 g/mol. The minimum Gasteiger partial charge on any atom is -0.340 e. The first-order valence-electron chi connectivity index (χ1n) is 8.17. The van der Waals surface area contributed by atoms with Gasteiger partial charge in [-0.15, -0.1) is 0 Å². The number of hydrogen-bond acceptors (Lipinski definition) is 3. The number of carbonyl (C=O) groups excluding carboxylic acids is 1. The molecule has 2 rings (SSSR count). The van der Waals surface area contributed by atoms with Crippen molar-refractivity contribution in [1.29, 1.82) is 5.26 Å². The summed E-state index contributed by atoms with van der Waals surface area (Å²) in [4.78, 5) is 13.7. The van der Waals surface area contributed by atoms with Crippen molar-refractivity contribution in [3.8, 4) is 6.07 Å². The van der Waals surface area contributed by atoms with Crippen LogP contribution in [0, 0.1) is 23.1 Å². The van der Waals surface area contributed by atoms with Crippen LogP contribution in [0.4, 0.5) is 4.39 Å². The Morgan fingerprint density at radius 3 is 2.87 bits per heavy atom. The molecule has 1 aromatic rings. The smallest absolute Gasteiger partial charge is 0.236 e. The van der Waals surface area contributed by atoms with E-state index in [0.29, 0.717) is 23.1 Å². The van der Waals surface area contributed by atoms with Gasteiger partial charge in [0.25, 0.3) is 0 Å². The molecule has 124 valence electrons. The van der Waals surface area contributed by atoms with E-state index in [-0.39, 0.29) is 19.0 Å². The van der Waals surface area contributed by atoms with Crippen molar-refractivity contribution in [3.05, 3.63) is 35.1 Å². The zero-order valence-corrected chi connectivity index (χ0v) is 13.8. The molecule has 0 aromatic heterocycles. The highest BCUT2D eigenvalue weighted by atomic mass is 19.1. The lowest BCUT2D eigenvalue weighted by Crippen LogP contribution is -2.43. The third kappa shape index (κ3) is 4.77. The number of likely N-dealkylation sites (N-methyl/N-ethyl adjacent to an activating group) is 1. The van der Waals surface area contributed by atoms with E-state index in [2.05, 4.69) is 12.2 Å². The fourth-order valence-corrected chi connectivity index (χ4v) is 3.08. The Kier molecular flexibility index (Phi) is 6.12. The van der Waals surface area contributed by atoms with Gasteiger partial charge >= 0.3 is 0 Å². The quantitative estimate of drug-likeness (QED) is 0.908. The molecule has 1 aromatic carbocycles. The van der Waals surface area contributed by atoms with Crippen LogP contribution in [0.15, 0.2) is 18.2 Å². The van der Waals surface area contributed by atoms with Crippen molar-refractivity contribution in [2.75, 3.05) is 13.6 Å². The van der Waals surface area contributed by atoms with Crippen molar-refractivity contribution in [2.45, 2.75) is 45.2 Å². The van der Waals surface area contributed by atoms with Gasteiger partial charge in [-0.3, -0.25) is 4.79 Å². The Balaban J connectivity index is 1.89. The molecule has 0 saturated heterocycles. The monoisotopic (exact) mass is 317 g/mol. The number of hydrogen-bond donors (Lipinski definition) is 1. The molecule has 1 aliphatic carbocycles. The van der Waals surface area contributed by atoms with Crippen LogP contribution in [0.3, 0.4) is 0 Å². The predicted molar refractivity (Wildman–Crippen MR) is 87.0 cm³/mol. The second-order valence-electron chi connectivity index (χ2n) is 6.42. The van der Waals surface area contributed by atoms with Gasteiger partial charge in [-0.2, -0.15) is 5.26 Å². The fourth-order valence-electron chi connectivity index (χ4n) is 3.08. The summed E-state index contributed by atoms with van der Waals surface area (Å²) in [6.45, 7) is 2.65. The van der Waals surface area contributed by atoms with E-state index in [1.165, 1.54) is 42.4 Å². The molecule has 1 amide bonds. The van der Waals surface area contributed by atoms with Crippen LogP contribution >= 0.6 is 0 Å². The summed E-state index contributed by atoms with van der Waals surface area (Å²) in [5.74, 6) is 0.133. The average molecular weight is 317 g/mol. The van der Waals surface area contributed by atoms with E-state index >= 15 is 0 Å². The van der Waals surface area contributed by atoms with Crippen LogP contribution in [0.2, 0.25) is 0 Å². The minimum absolute atomic E-state index is 0.0652. The second kappa shape index (κ2) is 8.07. The van der Waals surface area contributed by atoms with Gasteiger partial charge in [0.15, 0.2) is 0 Å². The summed E-state index contributed by atoms with van der Waals surface area (Å²) in [7, 11) is 1.66. The molecule has 0 heterocycles. The predicted octanol–water partition coefficient (Wildman–Crippen LogP) is 2.82. The van der Waals surface area contributed by atoms with Crippen molar-refractivity contribution >= 4 is 5.91 Å². The van der Waals surface area contributed by atoms with Crippen LogP contribution in [-0.2, 0) is 11.3 Å². The molecule has 2 atom stereocenters. The van der Waals surface area contributed by atoms with Gasteiger partial charge in [-0.25, -0.2) is 4.39 Å². The number of nitriles is 1. The molecule has 0 radical (unpaired) electrons. The van der Waals surface area contributed by atoms with E-state index < -0.39 is 5.82 Å². The summed E-state index contributed by atoms with van der Waals surface area (Å²) < 4.78 is 13.8. The van der Waals surface area contributed by atoms with Crippen molar-refractivity contribution in [1.82, 2.24) is 10.2 Å². The lowest BCUT2D eigenvalue weighted by Gasteiger charge is -2.30. The topological polar surface area (TPSA) is 56.1 Å². The van der Waals surface area contributed by atoms with Gasteiger partial charge < -0.3 is 10.2 Å². The maximum Gasteiger partial charge on any atom is 0.236 e. The third-order valence-electron chi connectivity index (χ3n) is 4.64. The van der Waals surface area contributed by atoms with Crippen LogP contribution < -0.4 is 5.32 Å². The summed E-state index contributed by atoms with van der Waals surface area (Å²) in [5.41, 5.74) is 0.766. The Hall–Kier alpha value is -1.93. The molecule has 0 aliphatic heterocycles. The SMILES string of the molecule is C[C@@H]1CCCC[C@H]1NCC(=O)N(C)Cc1cc(C#N)ccc1F. The average Bonchev–Trinajstić information content (AvgIpc) is 2.55. The fraction of sp³-hybridized carbons (Fsp3) is 0.556. The first-order chi connectivity index (χ1) is 11.0. The van der Waals surface area contributed by atoms with Crippen LogP contribution in [0.5, 0.6) is 0 Å². The highest BCUT2D eigenvalue weighted by Gasteiger charge is 2.22. The van der Waals surface area contributed by atoms with Crippen molar-refractivity contribution in [2.24, 2.45) is 5.92 Å². The Morgan fingerprint density at radius 2 is 2.17 bits per heavy atom. The van der Waals surface area contributed by atoms with Gasteiger partial charge in [0.2, 0.25) is 5.91 Å². The largest absolute Gasteiger partial charge is 0.340 e. The minimum atomic E-state index is -0.391. The maximum atomic E-state index is 13.8. The van der Waals surface area contributed by atoms with E-state index in [9.17, 15) is 9.18 Å². The van der Waals surface area contributed by atoms with E-state index in [4.69, 9.17) is 5.26 Å². The zero-order valence-electron chi connectivity index (χ0n) is 13.8. The second-order valence-corrected chi connectivity index (χ2v) is 6.42. The van der Waals surface area contributed by atoms with Gasteiger partial charge in [-0.1, -0.05) is 19.8 Å². The molecule has 1 aliphatic rings. The summed E-state index contributed by atoms with van der Waals surface area (Å²) in [6, 6.07) is 6.58. The number of nitrogens with zero attached hydrogens (tertiary/aromatic N) is 2. The number of halogens is 1. The molecule has 0 bridgehead atoms. The van der Waals surface area contributed by atoms with E-state index in [1.807, 2.05) is 6.07 Å². The lowest BCUT2D eigenvalue weighted by atomic mass is 9.86. The highest BCUT2D eigenvalue weighted by Crippen LogP contribution is 2.23. The standard InChI is InChI=1S/C18H24FN3O/c1-13-5-3-4-6-17(13)21-11-18(23)22(2)12-15-9-14(10-20)7-8-16(15)19/h7-9,13,17,21H,3-6,11-12H2,1-2H3/t13-,17-/m1/s1. The van der Waals surface area contributed by atoms with E-state index in [1.54, 1.807) is 7.05 Å². The van der Waals surface area contributed by atoms with Gasteiger partial charge in [0.1, 0.15) is 5.82 Å². The third-order valence-corrected chi connectivity index (χ3v) is 4.64. The molecule has 0 unspecified atom stereocenters. The number of nitrogens with one attached hydrogen (secondary N) is 1. The molecule has 23 heavy (non-hydrogen) atoms. The summed E-state index contributed by atoms with van der Waals surface area (Å²) in [5, 5.41) is 12.2. The zero-order chi connectivity index (χ0) is 16.8. The molecule has 5 heteroatoms. The molecule has 4 nitrogen and oxygen atoms in total. The van der Waals surface area contributed by atoms with Crippen LogP contribution in [-0.4, -0.2) is 30.4 Å². The number of benzene rings is 1. The molecule has 1 saturated carbocycles. The van der Waals surface area contributed by atoms with Gasteiger partial charge in [0, 0.05) is 25.2 Å². The Labute approximate surface area is 137 Å². The normalized spacial score (nSPS) is 20.8. The molecule has 1 N–H and O–H groups in total. The van der Waals surface area contributed by atoms with Gasteiger partial charge in [-0.05, 0) is 37.0 Å². The first kappa shape index (κ1) is 17.4. The number of carbonyl (C=O) groups is 1. The van der Waals surface area contributed by atoms with Crippen molar-refractivity contribution < 1.29 is 9.18 Å². The lowest BCUT2D eigenvalue weighted by molar-refractivity contribution is -0.129.